The Hall–Kier alpha value is -2.33. The third-order valence-corrected chi connectivity index (χ3v) is 8.38. The van der Waals surface area contributed by atoms with Gasteiger partial charge in [0.25, 0.3) is 5.91 Å². The number of sulfonamides is 1. The van der Waals surface area contributed by atoms with Gasteiger partial charge in [0.15, 0.2) is 5.13 Å². The Balaban J connectivity index is 1.45. The molecule has 1 atom stereocenters. The van der Waals surface area contributed by atoms with Gasteiger partial charge in [0.2, 0.25) is 10.0 Å². The molecule has 2 aromatic carbocycles. The molecule has 4 rings (SSSR count). The largest absolute Gasteiger partial charge is 0.377 e. The standard InChI is InChI=1S/C23H27N3O4S2/c1-15(2)17-8-11-20-21(13-17)31-23(24-20)25-22(27)16-6-9-19(10-7-16)32(28,29)26(3)14-18-5-4-12-30-18/h6-11,13,15,18H,4-5,12,14H2,1-3H3,(H,24,25,27). The van der Waals surface area contributed by atoms with Gasteiger partial charge in [-0.05, 0) is 60.7 Å². The van der Waals surface area contributed by atoms with Crippen molar-refractivity contribution in [1.82, 2.24) is 9.29 Å². The third kappa shape index (κ3) is 4.85. The molecule has 1 unspecified atom stereocenters. The minimum Gasteiger partial charge on any atom is -0.377 e. The molecule has 0 bridgehead atoms. The van der Waals surface area contributed by atoms with Crippen molar-refractivity contribution in [1.29, 1.82) is 0 Å². The number of carbonyl (C=O) groups excluding carboxylic acids is 1. The average Bonchev–Trinajstić information content (AvgIpc) is 3.42. The normalized spacial score (nSPS) is 16.8. The highest BCUT2D eigenvalue weighted by Crippen LogP contribution is 2.29. The second-order valence-electron chi connectivity index (χ2n) is 8.30. The molecule has 32 heavy (non-hydrogen) atoms. The van der Waals surface area contributed by atoms with Crippen molar-refractivity contribution >= 4 is 42.6 Å². The summed E-state index contributed by atoms with van der Waals surface area (Å²) in [6.45, 7) is 5.26. The zero-order valence-corrected chi connectivity index (χ0v) is 20.0. The molecular formula is C23H27N3O4S2. The zero-order valence-electron chi connectivity index (χ0n) is 18.4. The van der Waals surface area contributed by atoms with E-state index in [0.717, 1.165) is 23.1 Å². The number of ether oxygens (including phenoxy) is 1. The lowest BCUT2D eigenvalue weighted by Gasteiger charge is -2.20. The predicted octanol–water partition coefficient (Wildman–Crippen LogP) is 4.47. The SMILES string of the molecule is CC(C)c1ccc2nc(NC(=O)c3ccc(S(=O)(=O)N(C)CC4CCCO4)cc3)sc2c1. The zero-order chi connectivity index (χ0) is 22.9. The molecule has 1 aliphatic heterocycles. The maximum Gasteiger partial charge on any atom is 0.257 e. The van der Waals surface area contributed by atoms with Crippen LogP contribution in [0.15, 0.2) is 47.4 Å². The van der Waals surface area contributed by atoms with Crippen LogP contribution in [0.1, 0.15) is 48.5 Å². The fourth-order valence-corrected chi connectivity index (χ4v) is 5.77. The Kier molecular flexibility index (Phi) is 6.62. The monoisotopic (exact) mass is 473 g/mol. The van der Waals surface area contributed by atoms with Gasteiger partial charge in [-0.15, -0.1) is 0 Å². The van der Waals surface area contributed by atoms with E-state index in [4.69, 9.17) is 4.74 Å². The van der Waals surface area contributed by atoms with Gasteiger partial charge in [-0.25, -0.2) is 13.4 Å². The van der Waals surface area contributed by atoms with Crippen molar-refractivity contribution in [3.63, 3.8) is 0 Å². The van der Waals surface area contributed by atoms with E-state index in [-0.39, 0.29) is 16.9 Å². The number of nitrogens with one attached hydrogen (secondary N) is 1. The van der Waals surface area contributed by atoms with Crippen LogP contribution < -0.4 is 5.32 Å². The molecule has 1 aromatic heterocycles. The molecular weight excluding hydrogens is 446 g/mol. The molecule has 1 N–H and O–H groups in total. The van der Waals surface area contributed by atoms with Crippen LogP contribution in [0.3, 0.4) is 0 Å². The molecule has 9 heteroatoms. The van der Waals surface area contributed by atoms with Gasteiger partial charge in [-0.2, -0.15) is 4.31 Å². The van der Waals surface area contributed by atoms with Crippen LogP contribution in [0.5, 0.6) is 0 Å². The van der Waals surface area contributed by atoms with E-state index in [0.29, 0.717) is 29.8 Å². The van der Waals surface area contributed by atoms with Crippen LogP contribution in [0.25, 0.3) is 10.2 Å². The summed E-state index contributed by atoms with van der Waals surface area (Å²) in [7, 11) is -2.09. The maximum atomic E-state index is 12.8. The number of aromatic nitrogens is 1. The summed E-state index contributed by atoms with van der Waals surface area (Å²) in [6, 6.07) is 12.1. The predicted molar refractivity (Wildman–Crippen MR) is 127 cm³/mol. The summed E-state index contributed by atoms with van der Waals surface area (Å²) in [5.41, 5.74) is 2.43. The minimum atomic E-state index is -3.65. The molecule has 1 aliphatic rings. The molecule has 0 spiro atoms. The average molecular weight is 474 g/mol. The van der Waals surface area contributed by atoms with Gasteiger partial charge < -0.3 is 4.74 Å². The van der Waals surface area contributed by atoms with Crippen LogP contribution in [-0.2, 0) is 14.8 Å². The number of benzene rings is 2. The molecule has 7 nitrogen and oxygen atoms in total. The van der Waals surface area contributed by atoms with Crippen LogP contribution in [-0.4, -0.2) is 49.9 Å². The first-order valence-electron chi connectivity index (χ1n) is 10.6. The number of likely N-dealkylation sites (N-methyl/N-ethyl adjacent to an activating group) is 1. The highest BCUT2D eigenvalue weighted by atomic mass is 32.2. The third-order valence-electron chi connectivity index (χ3n) is 5.61. The topological polar surface area (TPSA) is 88.6 Å². The van der Waals surface area contributed by atoms with Crippen molar-refractivity contribution in [2.24, 2.45) is 0 Å². The van der Waals surface area contributed by atoms with Gasteiger partial charge in [0, 0.05) is 25.8 Å². The van der Waals surface area contributed by atoms with Crippen LogP contribution in [0.4, 0.5) is 5.13 Å². The molecule has 0 aliphatic carbocycles. The Morgan fingerprint density at radius 1 is 1.25 bits per heavy atom. The van der Waals surface area contributed by atoms with Gasteiger partial charge in [-0.3, -0.25) is 10.1 Å². The van der Waals surface area contributed by atoms with Crippen molar-refractivity contribution in [2.75, 3.05) is 25.5 Å². The van der Waals surface area contributed by atoms with E-state index in [9.17, 15) is 13.2 Å². The molecule has 170 valence electrons. The smallest absolute Gasteiger partial charge is 0.257 e. The first-order valence-corrected chi connectivity index (χ1v) is 12.9. The summed E-state index contributed by atoms with van der Waals surface area (Å²) in [4.78, 5) is 17.3. The van der Waals surface area contributed by atoms with Gasteiger partial charge >= 0.3 is 0 Å². The fraction of sp³-hybridized carbons (Fsp3) is 0.391. The second-order valence-corrected chi connectivity index (χ2v) is 11.4. The Bertz CT molecular complexity index is 1210. The first kappa shape index (κ1) is 22.8. The van der Waals surface area contributed by atoms with E-state index in [1.165, 1.54) is 45.5 Å². The lowest BCUT2D eigenvalue weighted by Crippen LogP contribution is -2.34. The molecule has 0 saturated carbocycles. The van der Waals surface area contributed by atoms with E-state index >= 15 is 0 Å². The van der Waals surface area contributed by atoms with Crippen molar-refractivity contribution < 1.29 is 17.9 Å². The number of hydrogen-bond acceptors (Lipinski definition) is 6. The van der Waals surface area contributed by atoms with E-state index in [1.807, 2.05) is 12.1 Å². The fourth-order valence-electron chi connectivity index (χ4n) is 3.65. The molecule has 0 radical (unpaired) electrons. The highest BCUT2D eigenvalue weighted by molar-refractivity contribution is 7.89. The van der Waals surface area contributed by atoms with Gasteiger partial charge in [-0.1, -0.05) is 31.3 Å². The highest BCUT2D eigenvalue weighted by Gasteiger charge is 2.26. The van der Waals surface area contributed by atoms with Crippen molar-refractivity contribution in [3.05, 3.63) is 53.6 Å². The number of thiazole rings is 1. The Labute approximate surface area is 192 Å². The summed E-state index contributed by atoms with van der Waals surface area (Å²) in [5, 5.41) is 3.33. The number of rotatable bonds is 7. The second kappa shape index (κ2) is 9.27. The van der Waals surface area contributed by atoms with Crippen molar-refractivity contribution in [3.8, 4) is 0 Å². The number of amides is 1. The number of hydrogen-bond donors (Lipinski definition) is 1. The summed E-state index contributed by atoms with van der Waals surface area (Å²) < 4.78 is 33.5. The summed E-state index contributed by atoms with van der Waals surface area (Å²) in [5.74, 6) is 0.0869. The number of fused-ring (bicyclic) bond motifs is 1. The molecule has 3 aromatic rings. The lowest BCUT2D eigenvalue weighted by molar-refractivity contribution is 0.0979. The molecule has 1 fully saturated rings. The van der Waals surface area contributed by atoms with Crippen LogP contribution >= 0.6 is 11.3 Å². The van der Waals surface area contributed by atoms with Crippen LogP contribution in [0, 0.1) is 0 Å². The Morgan fingerprint density at radius 2 is 2.00 bits per heavy atom. The molecule has 1 amide bonds. The number of anilines is 1. The quantitative estimate of drug-likeness (QED) is 0.547. The lowest BCUT2D eigenvalue weighted by atomic mass is 10.0. The Morgan fingerprint density at radius 3 is 2.66 bits per heavy atom. The van der Waals surface area contributed by atoms with E-state index in [1.54, 1.807) is 7.05 Å². The van der Waals surface area contributed by atoms with Gasteiger partial charge in [0.05, 0.1) is 21.2 Å². The van der Waals surface area contributed by atoms with Crippen molar-refractivity contribution in [2.45, 2.75) is 43.6 Å². The molecule has 1 saturated heterocycles. The van der Waals surface area contributed by atoms with Gasteiger partial charge in [0.1, 0.15) is 0 Å². The summed E-state index contributed by atoms with van der Waals surface area (Å²) in [6.07, 6.45) is 1.75. The summed E-state index contributed by atoms with van der Waals surface area (Å²) >= 11 is 1.42. The number of nitrogens with zero attached hydrogens (tertiary/aromatic N) is 2. The van der Waals surface area contributed by atoms with E-state index in [2.05, 4.69) is 30.2 Å². The molecule has 2 heterocycles. The maximum absolute atomic E-state index is 12.8. The van der Waals surface area contributed by atoms with Crippen LogP contribution in [0.2, 0.25) is 0 Å². The van der Waals surface area contributed by atoms with E-state index < -0.39 is 10.0 Å². The minimum absolute atomic E-state index is 0.0646. The first-order chi connectivity index (χ1) is 15.2. The number of carbonyl (C=O) groups is 1.